The fraction of sp³-hybridized carbons (Fsp3) is 0.500. The average molecular weight is 256 g/mol. The van der Waals surface area contributed by atoms with E-state index in [2.05, 4.69) is 19.4 Å². The Labute approximate surface area is 92.4 Å². The molecular weight excluding hydrogens is 248 g/mol. The summed E-state index contributed by atoms with van der Waals surface area (Å²) < 4.78 is 57.6. The average Bonchev–Trinajstić information content (AvgIpc) is 2.26. The van der Waals surface area contributed by atoms with Crippen LogP contribution in [0.25, 0.3) is 0 Å². The van der Waals surface area contributed by atoms with E-state index in [1.165, 1.54) is 0 Å². The molecule has 96 valence electrons. The number of aromatic amines is 1. The second-order valence-electron chi connectivity index (χ2n) is 2.92. The van der Waals surface area contributed by atoms with Crippen LogP contribution in [0.1, 0.15) is 0 Å². The monoisotopic (exact) mass is 256 g/mol. The third kappa shape index (κ3) is 3.08. The molecule has 0 aliphatic heterocycles. The minimum atomic E-state index is -4.32. The van der Waals surface area contributed by atoms with Crippen molar-refractivity contribution in [2.24, 2.45) is 0 Å². The minimum absolute atomic E-state index is 0.461. The van der Waals surface area contributed by atoms with E-state index in [1.54, 1.807) is 0 Å². The van der Waals surface area contributed by atoms with Crippen LogP contribution in [0.4, 0.5) is 17.6 Å². The number of alkyl halides is 4. The van der Waals surface area contributed by atoms with Crippen molar-refractivity contribution in [3.63, 3.8) is 0 Å². The van der Waals surface area contributed by atoms with Gasteiger partial charge >= 0.3 is 12.3 Å². The van der Waals surface area contributed by atoms with E-state index in [4.69, 9.17) is 0 Å². The van der Waals surface area contributed by atoms with Gasteiger partial charge < -0.3 is 14.5 Å². The van der Waals surface area contributed by atoms with Gasteiger partial charge in [0.1, 0.15) is 0 Å². The lowest BCUT2D eigenvalue weighted by molar-refractivity contribution is -0.148. The summed E-state index contributed by atoms with van der Waals surface area (Å²) in [5, 5.41) is 0. The molecule has 0 atom stereocenters. The Morgan fingerprint density at radius 3 is 2.71 bits per heavy atom. The molecule has 0 saturated heterocycles. The first-order valence-corrected chi connectivity index (χ1v) is 4.29. The Balaban J connectivity index is 2.83. The molecule has 0 saturated carbocycles. The van der Waals surface area contributed by atoms with E-state index in [0.29, 0.717) is 0 Å². The number of nitrogens with one attached hydrogen (secondary N) is 1. The summed E-state index contributed by atoms with van der Waals surface area (Å²) in [5.41, 5.74) is -0.766. The molecule has 5 nitrogen and oxygen atoms in total. The first-order chi connectivity index (χ1) is 7.88. The molecule has 0 fully saturated rings. The molecule has 1 N–H and O–H groups in total. The first kappa shape index (κ1) is 13.3. The van der Waals surface area contributed by atoms with Gasteiger partial charge in [-0.3, -0.25) is 4.79 Å². The number of hydrogen-bond donors (Lipinski definition) is 1. The van der Waals surface area contributed by atoms with Crippen LogP contribution in [0.2, 0.25) is 0 Å². The van der Waals surface area contributed by atoms with Crippen molar-refractivity contribution in [3.8, 4) is 11.6 Å². The number of hydrogen-bond acceptors (Lipinski definition) is 4. The predicted molar refractivity (Wildman–Crippen MR) is 47.9 cm³/mol. The van der Waals surface area contributed by atoms with E-state index in [1.807, 2.05) is 0 Å². The molecule has 0 radical (unpaired) electrons. The molecular formula is C8H8F4N2O3. The molecule has 17 heavy (non-hydrogen) atoms. The number of aromatic nitrogens is 2. The Kier molecular flexibility index (Phi) is 3.92. The van der Waals surface area contributed by atoms with E-state index < -0.39 is 36.1 Å². The molecule has 0 aliphatic carbocycles. The highest BCUT2D eigenvalue weighted by Crippen LogP contribution is 2.25. The highest BCUT2D eigenvalue weighted by Gasteiger charge is 2.42. The number of methoxy groups -OCH3 is 1. The summed E-state index contributed by atoms with van der Waals surface area (Å²) in [4.78, 5) is 16.6. The lowest BCUT2D eigenvalue weighted by Crippen LogP contribution is -2.34. The van der Waals surface area contributed by atoms with Crippen LogP contribution < -0.4 is 15.0 Å². The Morgan fingerprint density at radius 1 is 1.53 bits per heavy atom. The fourth-order valence-electron chi connectivity index (χ4n) is 0.881. The molecule has 0 spiro atoms. The second-order valence-corrected chi connectivity index (χ2v) is 2.92. The van der Waals surface area contributed by atoms with Crippen molar-refractivity contribution in [1.29, 1.82) is 0 Å². The molecule has 0 aliphatic rings. The maximum Gasteiger partial charge on any atom is 0.340 e. The molecule has 0 bridgehead atoms. The maximum absolute atomic E-state index is 12.5. The number of H-pyrrole nitrogens is 1. The highest BCUT2D eigenvalue weighted by molar-refractivity contribution is 5.29. The van der Waals surface area contributed by atoms with Gasteiger partial charge in [0.25, 0.3) is 11.4 Å². The van der Waals surface area contributed by atoms with Gasteiger partial charge in [0.15, 0.2) is 6.61 Å². The van der Waals surface area contributed by atoms with Crippen LogP contribution in [-0.2, 0) is 0 Å². The molecule has 1 rings (SSSR count). The van der Waals surface area contributed by atoms with Gasteiger partial charge in [-0.2, -0.15) is 8.78 Å². The van der Waals surface area contributed by atoms with Crippen LogP contribution in [0.15, 0.2) is 11.1 Å². The fourth-order valence-corrected chi connectivity index (χ4v) is 0.881. The lowest BCUT2D eigenvalue weighted by Gasteiger charge is -2.15. The van der Waals surface area contributed by atoms with Gasteiger partial charge in [-0.1, -0.05) is 0 Å². The second kappa shape index (κ2) is 5.02. The van der Waals surface area contributed by atoms with Crippen molar-refractivity contribution in [2.75, 3.05) is 13.7 Å². The minimum Gasteiger partial charge on any atom is -0.487 e. The topological polar surface area (TPSA) is 64.2 Å². The van der Waals surface area contributed by atoms with Crippen molar-refractivity contribution >= 4 is 0 Å². The SMILES string of the molecule is COc1c(OCC(F)(F)C(F)F)nc[nH]c1=O. The zero-order valence-corrected chi connectivity index (χ0v) is 8.55. The Morgan fingerprint density at radius 2 is 2.18 bits per heavy atom. The van der Waals surface area contributed by atoms with E-state index in [9.17, 15) is 22.4 Å². The maximum atomic E-state index is 12.5. The molecule has 1 aromatic heterocycles. The third-order valence-electron chi connectivity index (χ3n) is 1.70. The quantitative estimate of drug-likeness (QED) is 0.800. The number of halogens is 4. The Hall–Kier alpha value is -1.80. The molecule has 1 aromatic rings. The zero-order chi connectivity index (χ0) is 13.1. The smallest absolute Gasteiger partial charge is 0.340 e. The van der Waals surface area contributed by atoms with Gasteiger partial charge in [0.05, 0.1) is 13.4 Å². The summed E-state index contributed by atoms with van der Waals surface area (Å²) in [6.07, 6.45) is -2.99. The van der Waals surface area contributed by atoms with Gasteiger partial charge in [-0.05, 0) is 0 Å². The van der Waals surface area contributed by atoms with Crippen molar-refractivity contribution < 1.29 is 27.0 Å². The van der Waals surface area contributed by atoms with Crippen molar-refractivity contribution in [3.05, 3.63) is 16.7 Å². The van der Waals surface area contributed by atoms with Gasteiger partial charge in [0.2, 0.25) is 5.75 Å². The van der Waals surface area contributed by atoms with Crippen LogP contribution in [-0.4, -0.2) is 36.0 Å². The van der Waals surface area contributed by atoms with Crippen molar-refractivity contribution in [1.82, 2.24) is 9.97 Å². The molecule has 9 heteroatoms. The van der Waals surface area contributed by atoms with Crippen molar-refractivity contribution in [2.45, 2.75) is 12.3 Å². The molecule has 0 amide bonds. The molecule has 1 heterocycles. The summed E-state index contributed by atoms with van der Waals surface area (Å²) >= 11 is 0. The first-order valence-electron chi connectivity index (χ1n) is 4.29. The van der Waals surface area contributed by atoms with Gasteiger partial charge in [-0.15, -0.1) is 0 Å². The number of nitrogens with zero attached hydrogens (tertiary/aromatic N) is 1. The predicted octanol–water partition coefficient (Wildman–Crippen LogP) is 1.06. The van der Waals surface area contributed by atoms with Gasteiger partial charge in [-0.25, -0.2) is 13.8 Å². The van der Waals surface area contributed by atoms with Crippen LogP contribution >= 0.6 is 0 Å². The Bertz CT molecular complexity index is 435. The molecule has 0 unspecified atom stereocenters. The summed E-state index contributed by atoms with van der Waals surface area (Å²) in [7, 11) is 1.09. The van der Waals surface area contributed by atoms with Crippen LogP contribution in [0.5, 0.6) is 11.6 Å². The number of ether oxygens (including phenoxy) is 2. The van der Waals surface area contributed by atoms with Gasteiger partial charge in [0, 0.05) is 0 Å². The van der Waals surface area contributed by atoms with Crippen LogP contribution in [0, 0.1) is 0 Å². The number of rotatable bonds is 5. The molecule has 0 aromatic carbocycles. The van der Waals surface area contributed by atoms with E-state index in [0.717, 1.165) is 13.4 Å². The largest absolute Gasteiger partial charge is 0.487 e. The normalized spacial score (nSPS) is 11.6. The third-order valence-corrected chi connectivity index (χ3v) is 1.70. The summed E-state index contributed by atoms with van der Waals surface area (Å²) in [6.45, 7) is -1.60. The lowest BCUT2D eigenvalue weighted by atomic mass is 10.4. The zero-order valence-electron chi connectivity index (χ0n) is 8.55. The van der Waals surface area contributed by atoms with Crippen LogP contribution in [0.3, 0.4) is 0 Å². The van der Waals surface area contributed by atoms with E-state index >= 15 is 0 Å². The standard InChI is InChI=1S/C8H8F4N2O3/c1-16-4-5(15)13-3-14-6(4)17-2-8(11,12)7(9)10/h3,7H,2H2,1H3,(H,13,14,15). The van der Waals surface area contributed by atoms with E-state index in [-0.39, 0.29) is 0 Å². The highest BCUT2D eigenvalue weighted by atomic mass is 19.3. The summed E-state index contributed by atoms with van der Waals surface area (Å²) in [6, 6.07) is 0. The summed E-state index contributed by atoms with van der Waals surface area (Å²) in [5.74, 6) is -5.36.